The summed E-state index contributed by atoms with van der Waals surface area (Å²) in [7, 11) is 2.16. The van der Waals surface area contributed by atoms with Crippen LogP contribution < -0.4 is 15.5 Å². The van der Waals surface area contributed by atoms with E-state index in [1.807, 2.05) is 0 Å². The third-order valence-corrected chi connectivity index (χ3v) is 7.78. The Balaban J connectivity index is 1.30. The van der Waals surface area contributed by atoms with Gasteiger partial charge in [-0.2, -0.15) is 0 Å². The second-order valence-corrected chi connectivity index (χ2v) is 9.56. The fraction of sp³-hybridized carbons (Fsp3) is 0.480. The van der Waals surface area contributed by atoms with E-state index in [1.54, 1.807) is 12.1 Å². The summed E-state index contributed by atoms with van der Waals surface area (Å²) in [6.45, 7) is 6.96. The highest BCUT2D eigenvalue weighted by Crippen LogP contribution is 2.56. The molecule has 2 atom stereocenters. The van der Waals surface area contributed by atoms with Gasteiger partial charge in [-0.3, -0.25) is 4.79 Å². The van der Waals surface area contributed by atoms with Gasteiger partial charge >= 0.3 is 0 Å². The second kappa shape index (κ2) is 7.31. The van der Waals surface area contributed by atoms with Crippen molar-refractivity contribution >= 4 is 17.2 Å². The molecule has 2 N–H and O–H groups in total. The summed E-state index contributed by atoms with van der Waals surface area (Å²) in [4.78, 5) is 19.7. The quantitative estimate of drug-likeness (QED) is 0.749. The molecule has 0 aromatic heterocycles. The van der Waals surface area contributed by atoms with Gasteiger partial charge in [-0.05, 0) is 55.3 Å². The summed E-state index contributed by atoms with van der Waals surface area (Å²) in [6.07, 6.45) is 2.18. The molecule has 3 aliphatic heterocycles. The summed E-state index contributed by atoms with van der Waals surface area (Å²) < 4.78 is 13.1. The molecule has 3 aliphatic rings. The molecule has 0 amide bonds. The first-order valence-electron chi connectivity index (χ1n) is 11.3. The van der Waals surface area contributed by atoms with E-state index in [0.29, 0.717) is 12.0 Å². The fourth-order valence-corrected chi connectivity index (χ4v) is 5.90. The minimum Gasteiger partial charge on any atom is -0.371 e. The topological polar surface area (TPSA) is 52.8 Å². The van der Waals surface area contributed by atoms with Crippen molar-refractivity contribution in [3.05, 3.63) is 59.4 Å². The van der Waals surface area contributed by atoms with Gasteiger partial charge in [0, 0.05) is 50.6 Å². The SMILES string of the molecule is CN1CCN2c3c1cccc3[C@]1(C)CN(CCCC(=O)c3ccc(F)cc3)CC[C@]21N. The zero-order valence-electron chi connectivity index (χ0n) is 18.4. The number of carbonyl (C=O) groups is 1. The van der Waals surface area contributed by atoms with Gasteiger partial charge in [-0.15, -0.1) is 0 Å². The van der Waals surface area contributed by atoms with Crippen LogP contribution in [0.3, 0.4) is 0 Å². The molecular weight excluding hydrogens is 391 g/mol. The number of carbonyl (C=O) groups excluding carboxylic acids is 1. The standard InChI is InChI=1S/C25H31FN4O/c1-24-17-29(13-4-7-22(31)18-8-10-19(26)11-9-18)14-12-25(24,27)30-16-15-28(2)21-6-3-5-20(24)23(21)30/h3,5-6,8-11H,4,7,12-17,27H2,1-2H3/t24-,25-/m0/s1. The molecule has 0 saturated carbocycles. The van der Waals surface area contributed by atoms with Crippen molar-refractivity contribution in [1.82, 2.24) is 4.90 Å². The van der Waals surface area contributed by atoms with Crippen molar-refractivity contribution in [3.63, 3.8) is 0 Å². The molecule has 2 aromatic rings. The van der Waals surface area contributed by atoms with E-state index < -0.39 is 0 Å². The van der Waals surface area contributed by atoms with Crippen LogP contribution in [0.5, 0.6) is 0 Å². The molecule has 0 unspecified atom stereocenters. The summed E-state index contributed by atoms with van der Waals surface area (Å²) >= 11 is 0. The van der Waals surface area contributed by atoms with Crippen molar-refractivity contribution in [2.75, 3.05) is 49.6 Å². The van der Waals surface area contributed by atoms with E-state index in [4.69, 9.17) is 5.73 Å². The van der Waals surface area contributed by atoms with Crippen LogP contribution in [0.25, 0.3) is 0 Å². The third-order valence-electron chi connectivity index (χ3n) is 7.78. The molecule has 3 heterocycles. The number of rotatable bonds is 5. The number of fused-ring (bicyclic) bond motifs is 3. The molecule has 1 saturated heterocycles. The Morgan fingerprint density at radius 1 is 1.13 bits per heavy atom. The van der Waals surface area contributed by atoms with Crippen LogP contribution in [0.1, 0.15) is 42.1 Å². The number of likely N-dealkylation sites (N-methyl/N-ethyl adjacent to an activating group) is 1. The molecule has 0 spiro atoms. The number of hydrogen-bond acceptors (Lipinski definition) is 5. The van der Waals surface area contributed by atoms with Crippen molar-refractivity contribution in [1.29, 1.82) is 0 Å². The number of nitrogens with two attached hydrogens (primary N) is 1. The highest BCUT2D eigenvalue weighted by atomic mass is 19.1. The van der Waals surface area contributed by atoms with Gasteiger partial charge in [-0.25, -0.2) is 4.39 Å². The van der Waals surface area contributed by atoms with Gasteiger partial charge in [0.1, 0.15) is 11.5 Å². The molecule has 6 heteroatoms. The number of anilines is 2. The van der Waals surface area contributed by atoms with E-state index in [1.165, 1.54) is 29.1 Å². The molecule has 0 aliphatic carbocycles. The van der Waals surface area contributed by atoms with Crippen molar-refractivity contribution in [2.24, 2.45) is 5.73 Å². The van der Waals surface area contributed by atoms with Crippen molar-refractivity contribution < 1.29 is 9.18 Å². The summed E-state index contributed by atoms with van der Waals surface area (Å²) in [5.41, 5.74) is 11.2. The molecule has 31 heavy (non-hydrogen) atoms. The van der Waals surface area contributed by atoms with Crippen LogP contribution in [0.2, 0.25) is 0 Å². The minimum atomic E-state index is -0.368. The maximum atomic E-state index is 13.1. The highest BCUT2D eigenvalue weighted by Gasteiger charge is 2.60. The van der Waals surface area contributed by atoms with Crippen LogP contribution in [-0.4, -0.2) is 56.1 Å². The summed E-state index contributed by atoms with van der Waals surface area (Å²) in [5, 5.41) is 0. The zero-order chi connectivity index (χ0) is 21.8. The molecule has 5 rings (SSSR count). The van der Waals surface area contributed by atoms with Crippen molar-refractivity contribution in [3.8, 4) is 0 Å². The predicted octanol–water partition coefficient (Wildman–Crippen LogP) is 3.38. The van der Waals surface area contributed by atoms with Gasteiger partial charge in [0.25, 0.3) is 0 Å². The van der Waals surface area contributed by atoms with E-state index in [2.05, 4.69) is 46.9 Å². The minimum absolute atomic E-state index is 0.0763. The number of nitrogens with zero attached hydrogens (tertiary/aromatic N) is 3. The Morgan fingerprint density at radius 3 is 2.68 bits per heavy atom. The number of Topliss-reactive ketones (excluding diaryl/α,β-unsaturated/α-hetero) is 1. The van der Waals surface area contributed by atoms with Crippen LogP contribution in [0.15, 0.2) is 42.5 Å². The zero-order valence-corrected chi connectivity index (χ0v) is 18.4. The summed E-state index contributed by atoms with van der Waals surface area (Å²) in [6, 6.07) is 12.5. The van der Waals surface area contributed by atoms with Crippen LogP contribution >= 0.6 is 0 Å². The predicted molar refractivity (Wildman–Crippen MR) is 122 cm³/mol. The van der Waals surface area contributed by atoms with E-state index in [-0.39, 0.29) is 22.7 Å². The Labute approximate surface area is 183 Å². The van der Waals surface area contributed by atoms with Crippen LogP contribution in [-0.2, 0) is 5.41 Å². The number of likely N-dealkylation sites (tertiary alicyclic amines) is 1. The number of piperidine rings is 1. The molecular formula is C25H31FN4O. The first-order chi connectivity index (χ1) is 14.8. The van der Waals surface area contributed by atoms with Gasteiger partial charge in [0.05, 0.1) is 11.4 Å². The van der Waals surface area contributed by atoms with E-state index in [0.717, 1.165) is 45.6 Å². The fourth-order valence-electron chi connectivity index (χ4n) is 5.90. The van der Waals surface area contributed by atoms with Crippen molar-refractivity contribution in [2.45, 2.75) is 37.3 Å². The molecule has 164 valence electrons. The van der Waals surface area contributed by atoms with Gasteiger partial charge < -0.3 is 20.4 Å². The number of benzene rings is 2. The first kappa shape index (κ1) is 20.5. The molecule has 0 radical (unpaired) electrons. The molecule has 0 bridgehead atoms. The van der Waals surface area contributed by atoms with E-state index in [9.17, 15) is 9.18 Å². The lowest BCUT2D eigenvalue weighted by atomic mass is 9.70. The first-order valence-corrected chi connectivity index (χ1v) is 11.3. The van der Waals surface area contributed by atoms with Gasteiger partial charge in [-0.1, -0.05) is 19.1 Å². The average molecular weight is 423 g/mol. The summed E-state index contributed by atoms with van der Waals surface area (Å²) in [5.74, 6) is -0.236. The number of hydrogen-bond donors (Lipinski definition) is 1. The average Bonchev–Trinajstić information content (AvgIpc) is 2.96. The second-order valence-electron chi connectivity index (χ2n) is 9.56. The molecule has 5 nitrogen and oxygen atoms in total. The number of halogens is 1. The maximum absolute atomic E-state index is 13.1. The lowest BCUT2D eigenvalue weighted by Crippen LogP contribution is -2.71. The normalized spacial score (nSPS) is 27.2. The highest BCUT2D eigenvalue weighted by molar-refractivity contribution is 5.96. The maximum Gasteiger partial charge on any atom is 0.162 e. The molecule has 2 aromatic carbocycles. The Morgan fingerprint density at radius 2 is 1.90 bits per heavy atom. The number of ketones is 1. The Hall–Kier alpha value is -2.44. The largest absolute Gasteiger partial charge is 0.371 e. The third kappa shape index (κ3) is 3.07. The van der Waals surface area contributed by atoms with E-state index >= 15 is 0 Å². The smallest absolute Gasteiger partial charge is 0.162 e. The van der Waals surface area contributed by atoms with Gasteiger partial charge in [0.2, 0.25) is 0 Å². The Kier molecular flexibility index (Phi) is 4.83. The van der Waals surface area contributed by atoms with Crippen LogP contribution in [0, 0.1) is 5.82 Å². The lowest BCUT2D eigenvalue weighted by Gasteiger charge is -2.53. The lowest BCUT2D eigenvalue weighted by molar-refractivity contribution is 0.0797. The Bertz CT molecular complexity index is 1010. The number of para-hydroxylation sites is 1. The molecule has 1 fully saturated rings. The van der Waals surface area contributed by atoms with Gasteiger partial charge in [0.15, 0.2) is 5.78 Å². The monoisotopic (exact) mass is 422 g/mol. The van der Waals surface area contributed by atoms with Crippen LogP contribution in [0.4, 0.5) is 15.8 Å².